The van der Waals surface area contributed by atoms with Crippen LogP contribution in [0.25, 0.3) is 5.82 Å². The largest absolute Gasteiger partial charge is 0.497 e. The molecule has 0 aliphatic heterocycles. The van der Waals surface area contributed by atoms with Crippen LogP contribution in [0.15, 0.2) is 46.7 Å². The summed E-state index contributed by atoms with van der Waals surface area (Å²) in [6, 6.07) is 8.35. The number of anilines is 2. The Morgan fingerprint density at radius 1 is 1.30 bits per heavy atom. The highest BCUT2D eigenvalue weighted by Gasteiger charge is 2.28. The summed E-state index contributed by atoms with van der Waals surface area (Å²) in [6.45, 7) is -0.474. The minimum absolute atomic E-state index is 0.00546. The Morgan fingerprint density at radius 2 is 2.05 bits per heavy atom. The van der Waals surface area contributed by atoms with Gasteiger partial charge in [0, 0.05) is 23.0 Å². The number of aliphatic hydroxyl groups is 1. The van der Waals surface area contributed by atoms with Crippen molar-refractivity contribution in [2.75, 3.05) is 38.5 Å². The first-order valence-electron chi connectivity index (χ1n) is 10.8. The number of aromatic nitrogens is 4. The SMILES string of the molecule is COC(=O)c1scnc1-n1nc(C(Nc2ccc(N)cc2)c2cc(OC)cc(OCCO)c2F)[nH]c1=O. The normalized spacial score (nSPS) is 11.7. The predicted octanol–water partition coefficient (Wildman–Crippen LogP) is 2.11. The number of carbonyl (C=O) groups excluding carboxylic acids is 1. The average molecular weight is 531 g/mol. The molecule has 1 atom stereocenters. The van der Waals surface area contributed by atoms with Gasteiger partial charge in [-0.15, -0.1) is 16.4 Å². The number of H-pyrrole nitrogens is 1. The number of nitrogens with two attached hydrogens (primary N) is 1. The monoisotopic (exact) mass is 530 g/mol. The van der Waals surface area contributed by atoms with Gasteiger partial charge in [0.1, 0.15) is 18.4 Å². The fourth-order valence-electron chi connectivity index (χ4n) is 3.46. The van der Waals surface area contributed by atoms with Crippen LogP contribution < -0.4 is 26.2 Å². The second kappa shape index (κ2) is 11.1. The maximum atomic E-state index is 15.7. The van der Waals surface area contributed by atoms with Crippen molar-refractivity contribution in [1.82, 2.24) is 19.7 Å². The van der Waals surface area contributed by atoms with Gasteiger partial charge in [0.05, 0.1) is 26.3 Å². The van der Waals surface area contributed by atoms with Crippen LogP contribution in [0.1, 0.15) is 27.1 Å². The van der Waals surface area contributed by atoms with E-state index in [2.05, 4.69) is 20.4 Å². The lowest BCUT2D eigenvalue weighted by Gasteiger charge is -2.21. The lowest BCUT2D eigenvalue weighted by molar-refractivity contribution is 0.0606. The lowest BCUT2D eigenvalue weighted by Crippen LogP contribution is -2.18. The van der Waals surface area contributed by atoms with E-state index >= 15 is 4.39 Å². The van der Waals surface area contributed by atoms with E-state index in [-0.39, 0.29) is 46.8 Å². The lowest BCUT2D eigenvalue weighted by atomic mass is 10.0. The van der Waals surface area contributed by atoms with Crippen molar-refractivity contribution in [2.45, 2.75) is 6.04 Å². The summed E-state index contributed by atoms with van der Waals surface area (Å²) in [4.78, 5) is 31.8. The van der Waals surface area contributed by atoms with E-state index < -0.39 is 23.5 Å². The van der Waals surface area contributed by atoms with Crippen molar-refractivity contribution in [3.05, 3.63) is 74.5 Å². The molecule has 2 heterocycles. The van der Waals surface area contributed by atoms with E-state index in [4.69, 9.17) is 25.1 Å². The molecule has 1 unspecified atom stereocenters. The van der Waals surface area contributed by atoms with Crippen LogP contribution in [0.3, 0.4) is 0 Å². The van der Waals surface area contributed by atoms with E-state index in [1.165, 1.54) is 31.9 Å². The molecule has 2 aromatic carbocycles. The van der Waals surface area contributed by atoms with Crippen molar-refractivity contribution in [2.24, 2.45) is 0 Å². The van der Waals surface area contributed by atoms with Gasteiger partial charge in [0.2, 0.25) is 0 Å². The van der Waals surface area contributed by atoms with Crippen LogP contribution in [0.5, 0.6) is 11.5 Å². The van der Waals surface area contributed by atoms with E-state index in [9.17, 15) is 9.59 Å². The highest BCUT2D eigenvalue weighted by atomic mass is 32.1. The quantitative estimate of drug-likeness (QED) is 0.176. The Labute approximate surface area is 213 Å². The molecule has 0 aliphatic rings. The van der Waals surface area contributed by atoms with Gasteiger partial charge in [-0.2, -0.15) is 4.68 Å². The van der Waals surface area contributed by atoms with Crippen molar-refractivity contribution in [1.29, 1.82) is 0 Å². The Balaban J connectivity index is 1.86. The molecule has 12 nitrogen and oxygen atoms in total. The number of esters is 1. The first kappa shape index (κ1) is 25.7. The number of halogens is 1. The predicted molar refractivity (Wildman–Crippen MR) is 133 cm³/mol. The number of aromatic amines is 1. The van der Waals surface area contributed by atoms with Crippen molar-refractivity contribution in [3.8, 4) is 17.3 Å². The van der Waals surface area contributed by atoms with Crippen LogP contribution >= 0.6 is 11.3 Å². The molecule has 4 aromatic rings. The second-order valence-corrected chi connectivity index (χ2v) is 8.38. The molecule has 14 heteroatoms. The molecule has 0 saturated heterocycles. The molecule has 0 amide bonds. The summed E-state index contributed by atoms with van der Waals surface area (Å²) in [7, 11) is 2.61. The zero-order chi connectivity index (χ0) is 26.5. The van der Waals surface area contributed by atoms with E-state index in [0.717, 1.165) is 16.0 Å². The third kappa shape index (κ3) is 5.39. The number of hydrogen-bond donors (Lipinski definition) is 4. The van der Waals surface area contributed by atoms with Crippen LogP contribution in [-0.2, 0) is 4.74 Å². The molecule has 0 aliphatic carbocycles. The average Bonchev–Trinajstić information content (AvgIpc) is 3.54. The maximum absolute atomic E-state index is 15.7. The van der Waals surface area contributed by atoms with Gasteiger partial charge >= 0.3 is 11.7 Å². The van der Waals surface area contributed by atoms with Gasteiger partial charge in [-0.1, -0.05) is 0 Å². The van der Waals surface area contributed by atoms with Gasteiger partial charge in [-0.05, 0) is 30.3 Å². The van der Waals surface area contributed by atoms with Crippen molar-refractivity contribution < 1.29 is 28.5 Å². The first-order valence-corrected chi connectivity index (χ1v) is 11.7. The molecule has 0 spiro atoms. The molecule has 0 saturated carbocycles. The molecule has 2 aromatic heterocycles. The number of carbonyl (C=O) groups is 1. The number of nitrogen functional groups attached to an aromatic ring is 1. The van der Waals surface area contributed by atoms with E-state index in [1.54, 1.807) is 24.3 Å². The number of thiazole rings is 1. The standard InChI is InChI=1S/C23H23FN6O6S/c1-34-14-9-15(17(24)16(10-14)36-8-7-31)18(27-13-5-3-12(25)4-6-13)20-28-23(33)30(29-20)21-19(22(32)35-2)37-11-26-21/h3-6,9-11,18,27,31H,7-8,25H2,1-2H3,(H,28,29,33). The Bertz CT molecular complexity index is 1450. The van der Waals surface area contributed by atoms with Gasteiger partial charge in [-0.3, -0.25) is 4.98 Å². The number of nitrogens with zero attached hydrogens (tertiary/aromatic N) is 3. The van der Waals surface area contributed by atoms with Crippen LogP contribution in [0, 0.1) is 5.82 Å². The molecular weight excluding hydrogens is 507 g/mol. The van der Waals surface area contributed by atoms with Gasteiger partial charge in [-0.25, -0.2) is 19.0 Å². The molecule has 37 heavy (non-hydrogen) atoms. The molecular formula is C23H23FN6O6S. The molecule has 0 fully saturated rings. The van der Waals surface area contributed by atoms with Crippen LogP contribution in [0.2, 0.25) is 0 Å². The minimum Gasteiger partial charge on any atom is -0.497 e. The van der Waals surface area contributed by atoms with Gasteiger partial charge < -0.3 is 30.4 Å². The maximum Gasteiger partial charge on any atom is 0.352 e. The number of ether oxygens (including phenoxy) is 3. The number of hydrogen-bond acceptors (Lipinski definition) is 11. The summed E-state index contributed by atoms with van der Waals surface area (Å²) < 4.78 is 32.0. The molecule has 194 valence electrons. The molecule has 0 bridgehead atoms. The third-order valence-electron chi connectivity index (χ3n) is 5.19. The highest BCUT2D eigenvalue weighted by molar-refractivity contribution is 7.12. The van der Waals surface area contributed by atoms with Gasteiger partial charge in [0.25, 0.3) is 0 Å². The smallest absolute Gasteiger partial charge is 0.352 e. The zero-order valence-corrected chi connectivity index (χ0v) is 20.5. The minimum atomic E-state index is -1.07. The second-order valence-electron chi connectivity index (χ2n) is 7.52. The number of rotatable bonds is 10. The number of benzene rings is 2. The molecule has 5 N–H and O–H groups in total. The summed E-state index contributed by atoms with van der Waals surface area (Å²) in [5.74, 6) is -1.37. The van der Waals surface area contributed by atoms with E-state index in [0.29, 0.717) is 11.4 Å². The Morgan fingerprint density at radius 3 is 2.73 bits per heavy atom. The van der Waals surface area contributed by atoms with Crippen LogP contribution in [0.4, 0.5) is 15.8 Å². The number of aliphatic hydroxyl groups excluding tert-OH is 1. The zero-order valence-electron chi connectivity index (χ0n) is 19.7. The summed E-state index contributed by atoms with van der Waals surface area (Å²) >= 11 is 0.980. The number of nitrogens with one attached hydrogen (secondary N) is 2. The van der Waals surface area contributed by atoms with Crippen molar-refractivity contribution in [3.63, 3.8) is 0 Å². The Hall–Kier alpha value is -4.43. The van der Waals surface area contributed by atoms with Crippen LogP contribution in [-0.4, -0.2) is 58.3 Å². The third-order valence-corrected chi connectivity index (χ3v) is 5.98. The van der Waals surface area contributed by atoms with E-state index in [1.807, 2.05) is 0 Å². The summed E-state index contributed by atoms with van der Waals surface area (Å²) in [6.07, 6.45) is 0. The summed E-state index contributed by atoms with van der Waals surface area (Å²) in [5, 5.41) is 16.6. The molecule has 0 radical (unpaired) electrons. The summed E-state index contributed by atoms with van der Waals surface area (Å²) in [5.41, 5.74) is 7.53. The topological polar surface area (TPSA) is 167 Å². The Kier molecular flexibility index (Phi) is 7.69. The first-order chi connectivity index (χ1) is 17.9. The fraction of sp³-hybridized carbons (Fsp3) is 0.217. The van der Waals surface area contributed by atoms with Gasteiger partial charge in [0.15, 0.2) is 28.1 Å². The molecule has 4 rings (SSSR count). The highest BCUT2D eigenvalue weighted by Crippen LogP contribution is 2.35. The number of methoxy groups -OCH3 is 2. The van der Waals surface area contributed by atoms with Crippen molar-refractivity contribution >= 4 is 28.7 Å². The fourth-order valence-corrected chi connectivity index (χ4v) is 4.14.